The van der Waals surface area contributed by atoms with Gasteiger partial charge >= 0.3 is 0 Å². The molecule has 0 aromatic heterocycles. The van der Waals surface area contributed by atoms with Crippen molar-refractivity contribution in [1.29, 1.82) is 0 Å². The van der Waals surface area contributed by atoms with E-state index in [9.17, 15) is 13.6 Å². The van der Waals surface area contributed by atoms with Crippen molar-refractivity contribution in [2.24, 2.45) is 11.7 Å². The SMILES string of the molecule is Cl.NC1CCCC1C(=O)NCc1cc(F)ccc1F. The van der Waals surface area contributed by atoms with Crippen LogP contribution in [0.5, 0.6) is 0 Å². The summed E-state index contributed by atoms with van der Waals surface area (Å²) in [5.74, 6) is -1.42. The predicted molar refractivity (Wildman–Crippen MR) is 70.8 cm³/mol. The fourth-order valence-electron chi connectivity index (χ4n) is 2.31. The van der Waals surface area contributed by atoms with Gasteiger partial charge in [0.2, 0.25) is 5.91 Å². The summed E-state index contributed by atoms with van der Waals surface area (Å²) in [6.45, 7) is -0.00829. The van der Waals surface area contributed by atoms with E-state index in [0.29, 0.717) is 0 Å². The van der Waals surface area contributed by atoms with Gasteiger partial charge in [0, 0.05) is 18.2 Å². The summed E-state index contributed by atoms with van der Waals surface area (Å²) in [6, 6.07) is 3.07. The number of amides is 1. The zero-order valence-corrected chi connectivity index (χ0v) is 11.2. The van der Waals surface area contributed by atoms with Gasteiger partial charge in [0.05, 0.1) is 5.92 Å². The van der Waals surface area contributed by atoms with Gasteiger partial charge in [-0.05, 0) is 31.0 Å². The van der Waals surface area contributed by atoms with Crippen LogP contribution < -0.4 is 11.1 Å². The zero-order valence-electron chi connectivity index (χ0n) is 10.4. The third kappa shape index (κ3) is 3.88. The van der Waals surface area contributed by atoms with E-state index in [-0.39, 0.29) is 42.4 Å². The van der Waals surface area contributed by atoms with Crippen LogP contribution in [0.2, 0.25) is 0 Å². The molecule has 1 aliphatic rings. The first-order chi connectivity index (χ1) is 8.58. The number of carbonyl (C=O) groups excluding carboxylic acids is 1. The summed E-state index contributed by atoms with van der Waals surface area (Å²) in [7, 11) is 0. The summed E-state index contributed by atoms with van der Waals surface area (Å²) in [4.78, 5) is 11.8. The van der Waals surface area contributed by atoms with E-state index in [1.165, 1.54) is 0 Å². The molecule has 0 spiro atoms. The molecule has 0 heterocycles. The van der Waals surface area contributed by atoms with Crippen LogP contribution >= 0.6 is 12.4 Å². The molecule has 2 unspecified atom stereocenters. The van der Waals surface area contributed by atoms with E-state index in [1.807, 2.05) is 0 Å². The Hall–Kier alpha value is -1.20. The quantitative estimate of drug-likeness (QED) is 0.896. The highest BCUT2D eigenvalue weighted by molar-refractivity contribution is 5.85. The molecule has 1 fully saturated rings. The maximum absolute atomic E-state index is 13.3. The molecule has 0 radical (unpaired) electrons. The molecule has 1 aromatic rings. The zero-order chi connectivity index (χ0) is 13.1. The van der Waals surface area contributed by atoms with Crippen molar-refractivity contribution in [3.63, 3.8) is 0 Å². The molecular formula is C13H17ClF2N2O. The van der Waals surface area contributed by atoms with Crippen LogP contribution in [0, 0.1) is 17.6 Å². The van der Waals surface area contributed by atoms with Crippen LogP contribution in [-0.2, 0) is 11.3 Å². The van der Waals surface area contributed by atoms with Gasteiger partial charge in [0.25, 0.3) is 0 Å². The first-order valence-electron chi connectivity index (χ1n) is 6.05. The van der Waals surface area contributed by atoms with Crippen molar-refractivity contribution in [3.05, 3.63) is 35.4 Å². The molecule has 2 rings (SSSR count). The lowest BCUT2D eigenvalue weighted by atomic mass is 10.0. The standard InChI is InChI=1S/C13H16F2N2O.ClH/c14-9-4-5-11(15)8(6-9)7-17-13(18)10-2-1-3-12(10)16;/h4-6,10,12H,1-3,7,16H2,(H,17,18);1H. The van der Waals surface area contributed by atoms with E-state index in [1.54, 1.807) is 0 Å². The summed E-state index contributed by atoms with van der Waals surface area (Å²) >= 11 is 0. The highest BCUT2D eigenvalue weighted by Gasteiger charge is 2.29. The molecule has 3 N–H and O–H groups in total. The Morgan fingerprint density at radius 1 is 1.37 bits per heavy atom. The summed E-state index contributed by atoms with van der Waals surface area (Å²) in [5, 5.41) is 2.61. The highest BCUT2D eigenvalue weighted by atomic mass is 35.5. The Balaban J connectivity index is 0.00000180. The molecule has 6 heteroatoms. The van der Waals surface area contributed by atoms with Gasteiger partial charge in [-0.3, -0.25) is 4.79 Å². The molecule has 1 amide bonds. The molecule has 19 heavy (non-hydrogen) atoms. The molecule has 106 valence electrons. The van der Waals surface area contributed by atoms with Crippen LogP contribution in [0.4, 0.5) is 8.78 Å². The normalized spacial score (nSPS) is 21.8. The molecule has 0 aliphatic heterocycles. The predicted octanol–water partition coefficient (Wildman–Crippen LogP) is 2.13. The summed E-state index contributed by atoms with van der Waals surface area (Å²) in [6.07, 6.45) is 2.54. The van der Waals surface area contributed by atoms with Crippen LogP contribution in [0.25, 0.3) is 0 Å². The fourth-order valence-corrected chi connectivity index (χ4v) is 2.31. The van der Waals surface area contributed by atoms with Crippen molar-refractivity contribution in [2.45, 2.75) is 31.8 Å². The lowest BCUT2D eigenvalue weighted by molar-refractivity contribution is -0.125. The maximum Gasteiger partial charge on any atom is 0.224 e. The largest absolute Gasteiger partial charge is 0.352 e. The highest BCUT2D eigenvalue weighted by Crippen LogP contribution is 2.24. The van der Waals surface area contributed by atoms with Crippen LogP contribution in [0.3, 0.4) is 0 Å². The Labute approximate surface area is 117 Å². The van der Waals surface area contributed by atoms with Gasteiger partial charge in [0.15, 0.2) is 0 Å². The van der Waals surface area contributed by atoms with Crippen LogP contribution in [0.1, 0.15) is 24.8 Å². The Bertz CT molecular complexity index is 456. The van der Waals surface area contributed by atoms with Gasteiger partial charge in [-0.1, -0.05) is 6.42 Å². The number of hydrogen-bond donors (Lipinski definition) is 2. The summed E-state index contributed by atoms with van der Waals surface area (Å²) < 4.78 is 26.3. The number of hydrogen-bond acceptors (Lipinski definition) is 2. The van der Waals surface area contributed by atoms with Crippen LogP contribution in [-0.4, -0.2) is 11.9 Å². The average Bonchev–Trinajstić information content (AvgIpc) is 2.76. The Kier molecular flexibility index (Phi) is 5.69. The molecular weight excluding hydrogens is 274 g/mol. The second-order valence-corrected chi connectivity index (χ2v) is 4.65. The number of rotatable bonds is 3. The maximum atomic E-state index is 13.3. The van der Waals surface area contributed by atoms with E-state index in [4.69, 9.17) is 5.73 Å². The van der Waals surface area contributed by atoms with Crippen molar-refractivity contribution in [3.8, 4) is 0 Å². The fraction of sp³-hybridized carbons (Fsp3) is 0.462. The van der Waals surface area contributed by atoms with Crippen molar-refractivity contribution in [2.75, 3.05) is 0 Å². The lowest BCUT2D eigenvalue weighted by Crippen LogP contribution is -2.38. The minimum atomic E-state index is -0.521. The number of carbonyl (C=O) groups is 1. The van der Waals surface area contributed by atoms with E-state index in [0.717, 1.165) is 37.5 Å². The van der Waals surface area contributed by atoms with E-state index >= 15 is 0 Å². The Morgan fingerprint density at radius 2 is 2.11 bits per heavy atom. The van der Waals surface area contributed by atoms with Gasteiger partial charge < -0.3 is 11.1 Å². The van der Waals surface area contributed by atoms with Gasteiger partial charge in [-0.15, -0.1) is 12.4 Å². The number of nitrogens with one attached hydrogen (secondary N) is 1. The number of halogens is 3. The average molecular weight is 291 g/mol. The number of benzene rings is 1. The molecule has 1 saturated carbocycles. The third-order valence-electron chi connectivity index (χ3n) is 3.37. The third-order valence-corrected chi connectivity index (χ3v) is 3.37. The second kappa shape index (κ2) is 6.82. The molecule has 3 nitrogen and oxygen atoms in total. The van der Waals surface area contributed by atoms with Crippen molar-refractivity contribution >= 4 is 18.3 Å². The van der Waals surface area contributed by atoms with Crippen LogP contribution in [0.15, 0.2) is 18.2 Å². The molecule has 2 atom stereocenters. The first kappa shape index (κ1) is 15.9. The minimum absolute atomic E-state index is 0. The minimum Gasteiger partial charge on any atom is -0.352 e. The van der Waals surface area contributed by atoms with Crippen molar-refractivity contribution < 1.29 is 13.6 Å². The molecule has 1 aromatic carbocycles. The first-order valence-corrected chi connectivity index (χ1v) is 6.05. The van der Waals surface area contributed by atoms with Gasteiger partial charge in [-0.2, -0.15) is 0 Å². The topological polar surface area (TPSA) is 55.1 Å². The monoisotopic (exact) mass is 290 g/mol. The molecule has 1 aliphatic carbocycles. The number of nitrogens with two attached hydrogens (primary N) is 1. The van der Waals surface area contributed by atoms with E-state index in [2.05, 4.69) is 5.32 Å². The molecule has 0 bridgehead atoms. The summed E-state index contributed by atoms with van der Waals surface area (Å²) in [5.41, 5.74) is 5.96. The smallest absolute Gasteiger partial charge is 0.224 e. The lowest BCUT2D eigenvalue weighted by Gasteiger charge is -2.15. The Morgan fingerprint density at radius 3 is 2.74 bits per heavy atom. The van der Waals surface area contributed by atoms with Gasteiger partial charge in [0.1, 0.15) is 11.6 Å². The van der Waals surface area contributed by atoms with Crippen molar-refractivity contribution in [1.82, 2.24) is 5.32 Å². The van der Waals surface area contributed by atoms with E-state index < -0.39 is 11.6 Å². The molecule has 0 saturated heterocycles. The second-order valence-electron chi connectivity index (χ2n) is 4.65. The van der Waals surface area contributed by atoms with Gasteiger partial charge in [-0.25, -0.2) is 8.78 Å².